The Morgan fingerprint density at radius 2 is 1.67 bits per heavy atom. The summed E-state index contributed by atoms with van der Waals surface area (Å²) in [5.74, 6) is -0.337. The molecule has 0 bridgehead atoms. The maximum atomic E-state index is 12.0. The number of esters is 1. The SMILES string of the molecule is CCCC1CCC(C2COC(CCOC(=O)C(F)(F)F)OC2)CC1. The lowest BCUT2D eigenvalue weighted by molar-refractivity contribution is -0.222. The minimum atomic E-state index is -4.95. The van der Waals surface area contributed by atoms with Gasteiger partial charge < -0.3 is 14.2 Å². The number of alkyl halides is 3. The first-order valence-corrected chi connectivity index (χ1v) is 8.87. The number of halogens is 3. The predicted molar refractivity (Wildman–Crippen MR) is 81.2 cm³/mol. The average Bonchev–Trinajstić information content (AvgIpc) is 2.56. The summed E-state index contributed by atoms with van der Waals surface area (Å²) in [7, 11) is 0. The third-order valence-electron chi connectivity index (χ3n) is 5.07. The molecule has 1 saturated carbocycles. The lowest BCUT2D eigenvalue weighted by atomic mass is 9.75. The van der Waals surface area contributed by atoms with Gasteiger partial charge in [-0.2, -0.15) is 13.2 Å². The highest BCUT2D eigenvalue weighted by Gasteiger charge is 2.41. The van der Waals surface area contributed by atoms with Gasteiger partial charge in [0.15, 0.2) is 6.29 Å². The second kappa shape index (κ2) is 9.04. The third-order valence-corrected chi connectivity index (χ3v) is 5.07. The van der Waals surface area contributed by atoms with Crippen molar-refractivity contribution in [3.8, 4) is 0 Å². The van der Waals surface area contributed by atoms with Gasteiger partial charge in [-0.15, -0.1) is 0 Å². The molecule has 2 aliphatic rings. The van der Waals surface area contributed by atoms with Crippen LogP contribution in [-0.2, 0) is 19.0 Å². The predicted octanol–water partition coefficient (Wildman–Crippen LogP) is 4.08. The average molecular weight is 352 g/mol. The second-order valence-electron chi connectivity index (χ2n) is 6.85. The molecule has 0 spiro atoms. The Labute approximate surface area is 141 Å². The Morgan fingerprint density at radius 3 is 2.21 bits per heavy atom. The van der Waals surface area contributed by atoms with Crippen LogP contribution in [0, 0.1) is 17.8 Å². The van der Waals surface area contributed by atoms with E-state index in [0.717, 1.165) is 5.92 Å². The second-order valence-corrected chi connectivity index (χ2v) is 6.85. The first kappa shape index (κ1) is 19.5. The van der Waals surface area contributed by atoms with Gasteiger partial charge in [-0.1, -0.05) is 32.6 Å². The van der Waals surface area contributed by atoms with Crippen LogP contribution in [0.25, 0.3) is 0 Å². The Hall–Kier alpha value is -0.820. The summed E-state index contributed by atoms with van der Waals surface area (Å²) in [5.41, 5.74) is 0. The molecule has 7 heteroatoms. The number of carbonyl (C=O) groups is 1. The molecule has 0 aromatic carbocycles. The van der Waals surface area contributed by atoms with E-state index >= 15 is 0 Å². The van der Waals surface area contributed by atoms with E-state index in [9.17, 15) is 18.0 Å². The number of ether oxygens (including phenoxy) is 3. The zero-order chi connectivity index (χ0) is 17.6. The summed E-state index contributed by atoms with van der Waals surface area (Å²) in [6, 6.07) is 0. The fourth-order valence-corrected chi connectivity index (χ4v) is 3.68. The molecule has 0 amide bonds. The molecule has 140 valence electrons. The fraction of sp³-hybridized carbons (Fsp3) is 0.941. The molecule has 0 N–H and O–H groups in total. The van der Waals surface area contributed by atoms with Crippen molar-refractivity contribution in [1.29, 1.82) is 0 Å². The number of rotatable bonds is 6. The topological polar surface area (TPSA) is 44.8 Å². The highest BCUT2D eigenvalue weighted by molar-refractivity contribution is 5.75. The first-order chi connectivity index (χ1) is 11.4. The molecule has 0 radical (unpaired) electrons. The standard InChI is InChI=1S/C17H27F3O4/c1-2-3-12-4-6-13(7-5-12)14-10-23-15(24-11-14)8-9-22-16(21)17(18,19)20/h12-15H,2-11H2,1H3. The van der Waals surface area contributed by atoms with Crippen LogP contribution in [0.1, 0.15) is 51.9 Å². The van der Waals surface area contributed by atoms with Crippen LogP contribution in [0.5, 0.6) is 0 Å². The Bertz CT molecular complexity index is 384. The zero-order valence-corrected chi connectivity index (χ0v) is 14.1. The quantitative estimate of drug-likeness (QED) is 0.676. The monoisotopic (exact) mass is 352 g/mol. The molecule has 0 aromatic rings. The Morgan fingerprint density at radius 1 is 1.04 bits per heavy atom. The van der Waals surface area contributed by atoms with Crippen LogP contribution >= 0.6 is 0 Å². The van der Waals surface area contributed by atoms with E-state index in [1.54, 1.807) is 0 Å². The van der Waals surface area contributed by atoms with Crippen LogP contribution < -0.4 is 0 Å². The molecule has 1 heterocycles. The summed E-state index contributed by atoms with van der Waals surface area (Å²) in [4.78, 5) is 10.6. The molecule has 1 aliphatic heterocycles. The van der Waals surface area contributed by atoms with Crippen LogP contribution in [-0.4, -0.2) is 38.3 Å². The summed E-state index contributed by atoms with van der Waals surface area (Å²) in [6.45, 7) is 3.01. The molecule has 0 aromatic heterocycles. The van der Waals surface area contributed by atoms with Gasteiger partial charge in [-0.25, -0.2) is 4.79 Å². The maximum Gasteiger partial charge on any atom is 0.490 e. The molecule has 0 atom stereocenters. The van der Waals surface area contributed by atoms with Gasteiger partial charge in [-0.3, -0.25) is 0 Å². The normalized spacial score (nSPS) is 31.7. The van der Waals surface area contributed by atoms with E-state index in [2.05, 4.69) is 11.7 Å². The smallest absolute Gasteiger partial charge is 0.459 e. The van der Waals surface area contributed by atoms with Crippen molar-refractivity contribution in [2.24, 2.45) is 17.8 Å². The van der Waals surface area contributed by atoms with E-state index in [4.69, 9.17) is 9.47 Å². The number of carbonyl (C=O) groups excluding carboxylic acids is 1. The van der Waals surface area contributed by atoms with E-state index in [1.165, 1.54) is 38.5 Å². The largest absolute Gasteiger partial charge is 0.490 e. The van der Waals surface area contributed by atoms with Crippen LogP contribution in [0.15, 0.2) is 0 Å². The minimum absolute atomic E-state index is 0.123. The lowest BCUT2D eigenvalue weighted by Gasteiger charge is -2.37. The van der Waals surface area contributed by atoms with Crippen LogP contribution in [0.4, 0.5) is 13.2 Å². The third kappa shape index (κ3) is 5.92. The molecule has 1 aliphatic carbocycles. The van der Waals surface area contributed by atoms with Gasteiger partial charge in [-0.05, 0) is 24.7 Å². The summed E-state index contributed by atoms with van der Waals surface area (Å²) >= 11 is 0. The van der Waals surface area contributed by atoms with Gasteiger partial charge in [0, 0.05) is 12.3 Å². The number of hydrogen-bond acceptors (Lipinski definition) is 4. The minimum Gasteiger partial charge on any atom is -0.459 e. The molecule has 24 heavy (non-hydrogen) atoms. The zero-order valence-electron chi connectivity index (χ0n) is 14.1. The summed E-state index contributed by atoms with van der Waals surface area (Å²) in [5, 5.41) is 0. The first-order valence-electron chi connectivity index (χ1n) is 8.87. The lowest BCUT2D eigenvalue weighted by Crippen LogP contribution is -2.38. The highest BCUT2D eigenvalue weighted by atomic mass is 19.4. The highest BCUT2D eigenvalue weighted by Crippen LogP contribution is 2.37. The van der Waals surface area contributed by atoms with Crippen molar-refractivity contribution in [2.75, 3.05) is 19.8 Å². The van der Waals surface area contributed by atoms with Gasteiger partial charge in [0.25, 0.3) is 0 Å². The van der Waals surface area contributed by atoms with E-state index < -0.39 is 18.4 Å². The van der Waals surface area contributed by atoms with Crippen molar-refractivity contribution in [1.82, 2.24) is 0 Å². The van der Waals surface area contributed by atoms with E-state index in [-0.39, 0.29) is 13.0 Å². The molecular weight excluding hydrogens is 325 g/mol. The summed E-state index contributed by atoms with van der Waals surface area (Å²) in [6.07, 6.45) is 2.09. The molecule has 1 saturated heterocycles. The fourth-order valence-electron chi connectivity index (χ4n) is 3.68. The van der Waals surface area contributed by atoms with Crippen molar-refractivity contribution in [3.63, 3.8) is 0 Å². The Balaban J connectivity index is 1.61. The molecule has 2 fully saturated rings. The van der Waals surface area contributed by atoms with Crippen molar-refractivity contribution < 1.29 is 32.2 Å². The maximum absolute atomic E-state index is 12.0. The van der Waals surface area contributed by atoms with Crippen LogP contribution in [0.2, 0.25) is 0 Å². The van der Waals surface area contributed by atoms with Crippen molar-refractivity contribution in [3.05, 3.63) is 0 Å². The Kier molecular flexibility index (Phi) is 7.34. The van der Waals surface area contributed by atoms with Gasteiger partial charge in [0.05, 0.1) is 19.8 Å². The molecule has 0 unspecified atom stereocenters. The van der Waals surface area contributed by atoms with Crippen LogP contribution in [0.3, 0.4) is 0 Å². The summed E-state index contributed by atoms with van der Waals surface area (Å²) < 4.78 is 51.4. The van der Waals surface area contributed by atoms with E-state index in [1.807, 2.05) is 0 Å². The number of hydrogen-bond donors (Lipinski definition) is 0. The molecule has 4 nitrogen and oxygen atoms in total. The van der Waals surface area contributed by atoms with Crippen molar-refractivity contribution >= 4 is 5.97 Å². The van der Waals surface area contributed by atoms with Crippen molar-refractivity contribution in [2.45, 2.75) is 64.3 Å². The van der Waals surface area contributed by atoms with Gasteiger partial charge in [0.2, 0.25) is 0 Å². The van der Waals surface area contributed by atoms with Gasteiger partial charge >= 0.3 is 12.1 Å². The van der Waals surface area contributed by atoms with Gasteiger partial charge in [0.1, 0.15) is 0 Å². The molecule has 2 rings (SSSR count). The molecular formula is C17H27F3O4. The van der Waals surface area contributed by atoms with E-state index in [0.29, 0.717) is 25.0 Å².